The molecule has 0 spiro atoms. The van der Waals surface area contributed by atoms with Crippen LogP contribution in [0, 0.1) is 0 Å². The number of carboxylic acids is 1. The summed E-state index contributed by atoms with van der Waals surface area (Å²) in [6.45, 7) is 3.97. The number of methoxy groups -OCH3 is 1. The van der Waals surface area contributed by atoms with Crippen LogP contribution >= 0.6 is 0 Å². The van der Waals surface area contributed by atoms with Crippen LogP contribution in [-0.4, -0.2) is 57.7 Å². The number of likely N-dealkylation sites (tertiary alicyclic amines) is 1. The van der Waals surface area contributed by atoms with E-state index in [4.69, 9.17) is 9.84 Å². The van der Waals surface area contributed by atoms with E-state index >= 15 is 0 Å². The van der Waals surface area contributed by atoms with Crippen LogP contribution in [0.2, 0.25) is 0 Å². The van der Waals surface area contributed by atoms with Gasteiger partial charge in [0.25, 0.3) is 0 Å². The highest BCUT2D eigenvalue weighted by Crippen LogP contribution is 2.10. The summed E-state index contributed by atoms with van der Waals surface area (Å²) >= 11 is 0. The molecule has 0 aliphatic carbocycles. The SMILES string of the molecule is COCc1c(C(=O)O)nnn1CCN1CCCC1. The predicted octanol–water partition coefficient (Wildman–Crippen LogP) is 0.218. The third-order valence-corrected chi connectivity index (χ3v) is 3.15. The Balaban J connectivity index is 2.04. The van der Waals surface area contributed by atoms with Gasteiger partial charge < -0.3 is 14.7 Å². The van der Waals surface area contributed by atoms with E-state index < -0.39 is 5.97 Å². The molecule has 0 unspecified atom stereocenters. The first-order valence-corrected chi connectivity index (χ1v) is 6.09. The van der Waals surface area contributed by atoms with Gasteiger partial charge in [-0.2, -0.15) is 0 Å². The lowest BCUT2D eigenvalue weighted by atomic mass is 10.3. The van der Waals surface area contributed by atoms with Gasteiger partial charge in [-0.1, -0.05) is 5.21 Å². The second-order valence-electron chi connectivity index (χ2n) is 4.39. The van der Waals surface area contributed by atoms with E-state index in [-0.39, 0.29) is 12.3 Å². The molecule has 100 valence electrons. The molecule has 0 amide bonds. The van der Waals surface area contributed by atoms with Gasteiger partial charge in [0.2, 0.25) is 0 Å². The summed E-state index contributed by atoms with van der Waals surface area (Å²) < 4.78 is 6.64. The molecule has 0 atom stereocenters. The van der Waals surface area contributed by atoms with Crippen molar-refractivity contribution >= 4 is 5.97 Å². The first-order chi connectivity index (χ1) is 8.72. The second-order valence-corrected chi connectivity index (χ2v) is 4.39. The quantitative estimate of drug-likeness (QED) is 0.782. The molecule has 1 fully saturated rings. The van der Waals surface area contributed by atoms with E-state index in [0.29, 0.717) is 12.2 Å². The highest BCUT2D eigenvalue weighted by molar-refractivity contribution is 5.86. The average molecular weight is 254 g/mol. The van der Waals surface area contributed by atoms with Gasteiger partial charge in [-0.05, 0) is 25.9 Å². The topological polar surface area (TPSA) is 80.5 Å². The zero-order chi connectivity index (χ0) is 13.0. The van der Waals surface area contributed by atoms with Gasteiger partial charge in [0.1, 0.15) is 0 Å². The fourth-order valence-electron chi connectivity index (χ4n) is 2.20. The van der Waals surface area contributed by atoms with Crippen molar-refractivity contribution in [1.29, 1.82) is 0 Å². The monoisotopic (exact) mass is 254 g/mol. The summed E-state index contributed by atoms with van der Waals surface area (Å²) in [7, 11) is 1.53. The Kier molecular flexibility index (Phi) is 4.27. The molecular weight excluding hydrogens is 236 g/mol. The Hall–Kier alpha value is -1.47. The molecule has 1 aromatic heterocycles. The standard InChI is InChI=1S/C11H18N4O3/c1-18-8-9-10(11(16)17)12-13-15(9)7-6-14-4-2-3-5-14/h2-8H2,1H3,(H,16,17). The number of nitrogens with zero attached hydrogens (tertiary/aromatic N) is 4. The molecular formula is C11H18N4O3. The second kappa shape index (κ2) is 5.92. The Morgan fingerprint density at radius 2 is 2.11 bits per heavy atom. The minimum Gasteiger partial charge on any atom is -0.476 e. The molecule has 0 bridgehead atoms. The third kappa shape index (κ3) is 2.85. The fraction of sp³-hybridized carbons (Fsp3) is 0.727. The van der Waals surface area contributed by atoms with Gasteiger partial charge in [-0.3, -0.25) is 0 Å². The number of hydrogen-bond acceptors (Lipinski definition) is 5. The van der Waals surface area contributed by atoms with Crippen molar-refractivity contribution in [2.24, 2.45) is 0 Å². The van der Waals surface area contributed by atoms with E-state index in [1.165, 1.54) is 20.0 Å². The van der Waals surface area contributed by atoms with Crippen molar-refractivity contribution in [1.82, 2.24) is 19.9 Å². The summed E-state index contributed by atoms with van der Waals surface area (Å²) in [5.41, 5.74) is 0.516. The maximum absolute atomic E-state index is 11.0. The smallest absolute Gasteiger partial charge is 0.358 e. The van der Waals surface area contributed by atoms with Crippen molar-refractivity contribution in [2.75, 3.05) is 26.7 Å². The first kappa shape index (κ1) is 13.0. The molecule has 1 saturated heterocycles. The van der Waals surface area contributed by atoms with E-state index in [9.17, 15) is 4.79 Å². The van der Waals surface area contributed by atoms with Crippen LogP contribution in [0.3, 0.4) is 0 Å². The van der Waals surface area contributed by atoms with Crippen LogP contribution in [0.25, 0.3) is 0 Å². The average Bonchev–Trinajstić information content (AvgIpc) is 2.95. The summed E-state index contributed by atoms with van der Waals surface area (Å²) in [5, 5.41) is 16.6. The maximum atomic E-state index is 11.0. The third-order valence-electron chi connectivity index (χ3n) is 3.15. The van der Waals surface area contributed by atoms with Crippen molar-refractivity contribution in [3.63, 3.8) is 0 Å². The van der Waals surface area contributed by atoms with Crippen molar-refractivity contribution in [3.8, 4) is 0 Å². The summed E-state index contributed by atoms with van der Waals surface area (Å²) in [6.07, 6.45) is 2.48. The number of rotatable bonds is 6. The molecule has 0 radical (unpaired) electrons. The highest BCUT2D eigenvalue weighted by Gasteiger charge is 2.19. The number of ether oxygens (including phenoxy) is 1. The Morgan fingerprint density at radius 1 is 1.39 bits per heavy atom. The lowest BCUT2D eigenvalue weighted by molar-refractivity contribution is 0.0684. The van der Waals surface area contributed by atoms with E-state index in [1.807, 2.05) is 0 Å². The number of aromatic nitrogens is 3. The van der Waals surface area contributed by atoms with Crippen LogP contribution in [-0.2, 0) is 17.9 Å². The van der Waals surface area contributed by atoms with E-state index in [1.54, 1.807) is 4.68 Å². The molecule has 7 heteroatoms. The molecule has 1 aliphatic heterocycles. The number of hydrogen-bond donors (Lipinski definition) is 1. The zero-order valence-corrected chi connectivity index (χ0v) is 10.5. The molecule has 18 heavy (non-hydrogen) atoms. The number of carboxylic acid groups (broad SMARTS) is 1. The molecule has 2 heterocycles. The van der Waals surface area contributed by atoms with Crippen LogP contribution in [0.5, 0.6) is 0 Å². The lowest BCUT2D eigenvalue weighted by Gasteiger charge is -2.14. The molecule has 2 rings (SSSR count). The molecule has 1 aliphatic rings. The summed E-state index contributed by atoms with van der Waals surface area (Å²) in [6, 6.07) is 0. The lowest BCUT2D eigenvalue weighted by Crippen LogP contribution is -2.25. The van der Waals surface area contributed by atoms with E-state index in [2.05, 4.69) is 15.2 Å². The minimum absolute atomic E-state index is 0.0155. The van der Waals surface area contributed by atoms with Crippen LogP contribution in [0.15, 0.2) is 0 Å². The molecule has 7 nitrogen and oxygen atoms in total. The van der Waals surface area contributed by atoms with Crippen molar-refractivity contribution in [2.45, 2.75) is 26.0 Å². The van der Waals surface area contributed by atoms with Gasteiger partial charge in [0.05, 0.1) is 18.8 Å². The zero-order valence-electron chi connectivity index (χ0n) is 10.5. The Morgan fingerprint density at radius 3 is 2.72 bits per heavy atom. The normalized spacial score (nSPS) is 16.3. The predicted molar refractivity (Wildman–Crippen MR) is 63.4 cm³/mol. The van der Waals surface area contributed by atoms with Crippen molar-refractivity contribution < 1.29 is 14.6 Å². The minimum atomic E-state index is -1.06. The number of carbonyl (C=O) groups is 1. The molecule has 0 aromatic carbocycles. The van der Waals surface area contributed by atoms with Crippen LogP contribution in [0.4, 0.5) is 0 Å². The van der Waals surface area contributed by atoms with Gasteiger partial charge in [-0.15, -0.1) is 5.10 Å². The number of aromatic carboxylic acids is 1. The molecule has 1 N–H and O–H groups in total. The largest absolute Gasteiger partial charge is 0.476 e. The summed E-state index contributed by atoms with van der Waals surface area (Å²) in [5.74, 6) is -1.06. The van der Waals surface area contributed by atoms with Crippen molar-refractivity contribution in [3.05, 3.63) is 11.4 Å². The fourth-order valence-corrected chi connectivity index (χ4v) is 2.20. The van der Waals surface area contributed by atoms with Crippen LogP contribution in [0.1, 0.15) is 29.0 Å². The van der Waals surface area contributed by atoms with Gasteiger partial charge in [0, 0.05) is 13.7 Å². The first-order valence-electron chi connectivity index (χ1n) is 6.09. The summed E-state index contributed by atoms with van der Waals surface area (Å²) in [4.78, 5) is 13.3. The van der Waals surface area contributed by atoms with Gasteiger partial charge >= 0.3 is 5.97 Å². The maximum Gasteiger partial charge on any atom is 0.358 e. The van der Waals surface area contributed by atoms with Gasteiger partial charge in [-0.25, -0.2) is 9.48 Å². The van der Waals surface area contributed by atoms with E-state index in [0.717, 1.165) is 19.6 Å². The van der Waals surface area contributed by atoms with Crippen LogP contribution < -0.4 is 0 Å². The molecule has 1 aromatic rings. The van der Waals surface area contributed by atoms with Gasteiger partial charge in [0.15, 0.2) is 5.69 Å². The highest BCUT2D eigenvalue weighted by atomic mass is 16.5. The Bertz CT molecular complexity index is 412. The Labute approximate surface area is 105 Å². The molecule has 0 saturated carbocycles.